The molecule has 1 heterocycles. The van der Waals surface area contributed by atoms with Crippen LogP contribution in [0.5, 0.6) is 0 Å². The molecule has 0 aromatic carbocycles. The van der Waals surface area contributed by atoms with E-state index in [9.17, 15) is 5.11 Å². The van der Waals surface area contributed by atoms with Gasteiger partial charge in [-0.2, -0.15) is 0 Å². The molecule has 1 aromatic heterocycles. The van der Waals surface area contributed by atoms with Crippen molar-refractivity contribution in [3.8, 4) is 0 Å². The molecule has 1 N–H and O–H groups in total. The van der Waals surface area contributed by atoms with Gasteiger partial charge in [0.2, 0.25) is 0 Å². The second kappa shape index (κ2) is 4.40. The minimum atomic E-state index is -0.732. The fourth-order valence-corrected chi connectivity index (χ4v) is 2.77. The smallest absolute Gasteiger partial charge is 0.135 e. The predicted octanol–water partition coefficient (Wildman–Crippen LogP) is 3.46. The average Bonchev–Trinajstić information content (AvgIpc) is 2.83. The van der Waals surface area contributed by atoms with Crippen molar-refractivity contribution in [1.29, 1.82) is 0 Å². The molecule has 1 aliphatic carbocycles. The van der Waals surface area contributed by atoms with Gasteiger partial charge >= 0.3 is 0 Å². The zero-order valence-corrected chi connectivity index (χ0v) is 9.41. The van der Waals surface area contributed by atoms with E-state index in [2.05, 4.69) is 0 Å². The largest absolute Gasteiger partial charge is 0.466 e. The lowest BCUT2D eigenvalue weighted by Crippen LogP contribution is -2.35. The molecule has 1 fully saturated rings. The molecule has 15 heavy (non-hydrogen) atoms. The third kappa shape index (κ3) is 1.96. The molecule has 0 radical (unpaired) electrons. The number of hydrogen-bond donors (Lipinski definition) is 1. The summed E-state index contributed by atoms with van der Waals surface area (Å²) >= 11 is 0. The number of aliphatic hydroxyl groups is 1. The van der Waals surface area contributed by atoms with Crippen molar-refractivity contribution >= 4 is 0 Å². The topological polar surface area (TPSA) is 33.4 Å². The van der Waals surface area contributed by atoms with E-state index in [1.807, 2.05) is 19.1 Å². The zero-order valence-electron chi connectivity index (χ0n) is 9.41. The minimum absolute atomic E-state index is 0.377. The summed E-state index contributed by atoms with van der Waals surface area (Å²) in [7, 11) is 0. The molecule has 1 aromatic rings. The van der Waals surface area contributed by atoms with Crippen LogP contribution in [-0.2, 0) is 5.60 Å². The second-order valence-electron chi connectivity index (χ2n) is 4.59. The van der Waals surface area contributed by atoms with Crippen LogP contribution in [0, 0.1) is 5.92 Å². The van der Waals surface area contributed by atoms with Crippen molar-refractivity contribution in [2.75, 3.05) is 0 Å². The third-order valence-electron chi connectivity index (χ3n) is 3.77. The van der Waals surface area contributed by atoms with Crippen LogP contribution in [0.2, 0.25) is 0 Å². The minimum Gasteiger partial charge on any atom is -0.466 e. The summed E-state index contributed by atoms with van der Waals surface area (Å²) in [5.74, 6) is 1.12. The number of rotatable bonds is 3. The van der Waals surface area contributed by atoms with Gasteiger partial charge in [-0.05, 0) is 37.3 Å². The Kier molecular flexibility index (Phi) is 3.15. The first-order valence-electron chi connectivity index (χ1n) is 6.03. The van der Waals surface area contributed by atoms with Crippen LogP contribution >= 0.6 is 0 Å². The lowest BCUT2D eigenvalue weighted by atomic mass is 9.74. The molecule has 0 spiro atoms. The lowest BCUT2D eigenvalue weighted by Gasteiger charge is -2.36. The van der Waals surface area contributed by atoms with Crippen LogP contribution in [0.1, 0.15) is 51.2 Å². The first kappa shape index (κ1) is 10.7. The summed E-state index contributed by atoms with van der Waals surface area (Å²) in [4.78, 5) is 0. The first-order chi connectivity index (χ1) is 7.27. The van der Waals surface area contributed by atoms with Gasteiger partial charge in [-0.15, -0.1) is 0 Å². The quantitative estimate of drug-likeness (QED) is 0.825. The second-order valence-corrected chi connectivity index (χ2v) is 4.59. The highest BCUT2D eigenvalue weighted by molar-refractivity contribution is 5.11. The van der Waals surface area contributed by atoms with Crippen LogP contribution in [0.3, 0.4) is 0 Å². The standard InChI is InChI=1S/C13H20O2/c1-2-13(14,12-9-6-10-15-12)11-7-4-3-5-8-11/h6,9-11,14H,2-5,7-8H2,1H3/t13-/m1/s1. The molecule has 84 valence electrons. The van der Waals surface area contributed by atoms with Crippen LogP contribution in [0.15, 0.2) is 22.8 Å². The van der Waals surface area contributed by atoms with Gasteiger partial charge in [0, 0.05) is 0 Å². The monoisotopic (exact) mass is 208 g/mol. The van der Waals surface area contributed by atoms with E-state index in [4.69, 9.17) is 4.42 Å². The van der Waals surface area contributed by atoms with Gasteiger partial charge in [-0.25, -0.2) is 0 Å². The molecule has 1 aliphatic rings. The van der Waals surface area contributed by atoms with E-state index in [-0.39, 0.29) is 0 Å². The van der Waals surface area contributed by atoms with Gasteiger partial charge in [0.05, 0.1) is 6.26 Å². The number of hydrogen-bond acceptors (Lipinski definition) is 2. The summed E-state index contributed by atoms with van der Waals surface area (Å²) in [5, 5.41) is 10.7. The predicted molar refractivity (Wildman–Crippen MR) is 59.5 cm³/mol. The van der Waals surface area contributed by atoms with Crippen molar-refractivity contribution in [3.63, 3.8) is 0 Å². The van der Waals surface area contributed by atoms with Crippen LogP contribution in [0.4, 0.5) is 0 Å². The van der Waals surface area contributed by atoms with E-state index >= 15 is 0 Å². The van der Waals surface area contributed by atoms with E-state index in [1.165, 1.54) is 19.3 Å². The molecule has 1 atom stereocenters. The Morgan fingerprint density at radius 1 is 1.40 bits per heavy atom. The molecule has 0 unspecified atom stereocenters. The molecular weight excluding hydrogens is 188 g/mol. The Bertz CT molecular complexity index is 285. The van der Waals surface area contributed by atoms with Gasteiger partial charge in [-0.3, -0.25) is 0 Å². The fourth-order valence-electron chi connectivity index (χ4n) is 2.77. The summed E-state index contributed by atoms with van der Waals surface area (Å²) < 4.78 is 5.39. The maximum atomic E-state index is 10.7. The molecule has 2 rings (SSSR count). The van der Waals surface area contributed by atoms with Crippen molar-refractivity contribution in [2.24, 2.45) is 5.92 Å². The normalized spacial score (nSPS) is 22.5. The van der Waals surface area contributed by atoms with Gasteiger partial charge < -0.3 is 9.52 Å². The van der Waals surface area contributed by atoms with Crippen molar-refractivity contribution in [3.05, 3.63) is 24.2 Å². The highest BCUT2D eigenvalue weighted by Gasteiger charge is 2.39. The van der Waals surface area contributed by atoms with Crippen molar-refractivity contribution in [1.82, 2.24) is 0 Å². The van der Waals surface area contributed by atoms with E-state index < -0.39 is 5.60 Å². The third-order valence-corrected chi connectivity index (χ3v) is 3.77. The average molecular weight is 208 g/mol. The number of furan rings is 1. The summed E-state index contributed by atoms with van der Waals surface area (Å²) in [6.45, 7) is 2.04. The van der Waals surface area contributed by atoms with E-state index in [0.717, 1.165) is 25.0 Å². The Balaban J connectivity index is 2.20. The molecule has 2 nitrogen and oxygen atoms in total. The van der Waals surface area contributed by atoms with Crippen LogP contribution < -0.4 is 0 Å². The van der Waals surface area contributed by atoms with Gasteiger partial charge in [0.25, 0.3) is 0 Å². The van der Waals surface area contributed by atoms with Gasteiger partial charge in [0.1, 0.15) is 11.4 Å². The fraction of sp³-hybridized carbons (Fsp3) is 0.692. The Morgan fingerprint density at radius 3 is 2.67 bits per heavy atom. The Labute approximate surface area is 91.3 Å². The van der Waals surface area contributed by atoms with Crippen molar-refractivity contribution < 1.29 is 9.52 Å². The molecule has 2 heteroatoms. The van der Waals surface area contributed by atoms with Gasteiger partial charge in [0.15, 0.2) is 0 Å². The molecule has 0 aliphatic heterocycles. The summed E-state index contributed by atoms with van der Waals surface area (Å²) in [6, 6.07) is 3.76. The first-order valence-corrected chi connectivity index (χ1v) is 6.03. The lowest BCUT2D eigenvalue weighted by molar-refractivity contribution is -0.0589. The summed E-state index contributed by atoms with van der Waals surface area (Å²) in [6.07, 6.45) is 8.45. The highest BCUT2D eigenvalue weighted by atomic mass is 16.4. The maximum absolute atomic E-state index is 10.7. The van der Waals surface area contributed by atoms with E-state index in [0.29, 0.717) is 5.92 Å². The molecule has 0 saturated heterocycles. The maximum Gasteiger partial charge on any atom is 0.135 e. The van der Waals surface area contributed by atoms with Gasteiger partial charge in [-0.1, -0.05) is 26.2 Å². The molecule has 1 saturated carbocycles. The summed E-state index contributed by atoms with van der Waals surface area (Å²) in [5.41, 5.74) is -0.732. The van der Waals surface area contributed by atoms with Crippen LogP contribution in [0.25, 0.3) is 0 Å². The van der Waals surface area contributed by atoms with E-state index in [1.54, 1.807) is 6.26 Å². The Morgan fingerprint density at radius 2 is 2.13 bits per heavy atom. The Hall–Kier alpha value is -0.760. The highest BCUT2D eigenvalue weighted by Crippen LogP contribution is 2.41. The SMILES string of the molecule is CC[C@](O)(c1ccco1)C1CCCCC1. The molecule has 0 amide bonds. The van der Waals surface area contributed by atoms with Crippen LogP contribution in [-0.4, -0.2) is 5.11 Å². The zero-order chi connectivity index (χ0) is 10.7. The molecular formula is C13H20O2. The van der Waals surface area contributed by atoms with Crippen molar-refractivity contribution in [2.45, 2.75) is 51.0 Å². The molecule has 0 bridgehead atoms.